The molecule has 0 spiro atoms. The summed E-state index contributed by atoms with van der Waals surface area (Å²) in [6, 6.07) is 12.4. The molecule has 162 valence electrons. The maximum atomic E-state index is 13.7. The zero-order valence-electron chi connectivity index (χ0n) is 16.1. The van der Waals surface area contributed by atoms with E-state index in [0.717, 1.165) is 33.9 Å². The second-order valence-electron chi connectivity index (χ2n) is 6.39. The molecule has 2 amide bonds. The summed E-state index contributed by atoms with van der Waals surface area (Å²) < 4.78 is 53.3. The largest absolute Gasteiger partial charge is 0.279 e. The molecule has 0 aliphatic rings. The highest BCUT2D eigenvalue weighted by atomic mass is 32.2. The fourth-order valence-electron chi connectivity index (χ4n) is 2.53. The van der Waals surface area contributed by atoms with Crippen LogP contribution in [0.5, 0.6) is 0 Å². The van der Waals surface area contributed by atoms with Crippen molar-refractivity contribution < 1.29 is 26.8 Å². The van der Waals surface area contributed by atoms with E-state index in [9.17, 15) is 26.8 Å². The zero-order chi connectivity index (χ0) is 22.6. The Labute approximate surface area is 181 Å². The van der Waals surface area contributed by atoms with Crippen LogP contribution >= 0.6 is 11.3 Å². The smallest absolute Gasteiger partial charge is 0.271 e. The Morgan fingerprint density at radius 3 is 2.29 bits per heavy atom. The van der Waals surface area contributed by atoms with Gasteiger partial charge in [-0.1, -0.05) is 24.3 Å². The van der Waals surface area contributed by atoms with Gasteiger partial charge in [-0.3, -0.25) is 20.4 Å². The van der Waals surface area contributed by atoms with Crippen LogP contribution in [-0.4, -0.2) is 26.3 Å². The standard InChI is InChI=1S/C20H17F2N3O4S2/c1-12(25-31(28,29)18-5-3-2-4-15(18)22)19(26)23-24-20(27)17-11-10-16(30-17)13-6-8-14(21)9-7-13/h2-12,25H,1H3,(H,23,26)(H,24,27)/t12-/m0/s1. The quantitative estimate of drug-likeness (QED) is 0.487. The fourth-order valence-corrected chi connectivity index (χ4v) is 4.72. The molecule has 0 unspecified atom stereocenters. The molecule has 7 nitrogen and oxygen atoms in total. The summed E-state index contributed by atoms with van der Waals surface area (Å²) >= 11 is 1.13. The molecule has 3 N–H and O–H groups in total. The first kappa shape index (κ1) is 22.5. The number of hydrogen-bond donors (Lipinski definition) is 3. The maximum Gasteiger partial charge on any atom is 0.279 e. The van der Waals surface area contributed by atoms with Gasteiger partial charge in [-0.2, -0.15) is 4.72 Å². The van der Waals surface area contributed by atoms with Crippen LogP contribution in [0.3, 0.4) is 0 Å². The molecule has 11 heteroatoms. The van der Waals surface area contributed by atoms with Gasteiger partial charge in [0.1, 0.15) is 16.5 Å². The predicted molar refractivity (Wildman–Crippen MR) is 112 cm³/mol. The van der Waals surface area contributed by atoms with E-state index in [1.54, 1.807) is 18.2 Å². The first-order valence-electron chi connectivity index (χ1n) is 8.90. The van der Waals surface area contributed by atoms with Crippen LogP contribution in [0.1, 0.15) is 16.6 Å². The Kier molecular flexibility index (Phi) is 6.78. The number of halogens is 2. The van der Waals surface area contributed by atoms with Crippen molar-refractivity contribution in [2.45, 2.75) is 17.9 Å². The first-order chi connectivity index (χ1) is 14.7. The normalized spacial score (nSPS) is 12.2. The Balaban J connectivity index is 1.58. The summed E-state index contributed by atoms with van der Waals surface area (Å²) in [4.78, 5) is 24.8. The Hall–Kier alpha value is -3.15. The summed E-state index contributed by atoms with van der Waals surface area (Å²) in [6.45, 7) is 1.25. The fraction of sp³-hybridized carbons (Fsp3) is 0.100. The van der Waals surface area contributed by atoms with Gasteiger partial charge in [0.25, 0.3) is 11.8 Å². The lowest BCUT2D eigenvalue weighted by Gasteiger charge is -2.15. The Morgan fingerprint density at radius 2 is 1.61 bits per heavy atom. The first-order valence-corrected chi connectivity index (χ1v) is 11.2. The van der Waals surface area contributed by atoms with Gasteiger partial charge >= 0.3 is 0 Å². The number of sulfonamides is 1. The highest BCUT2D eigenvalue weighted by Crippen LogP contribution is 2.28. The molecular formula is C20H17F2N3O4S2. The predicted octanol–water partition coefficient (Wildman–Crippen LogP) is 2.82. The molecule has 0 saturated carbocycles. The molecule has 2 aromatic carbocycles. The topological polar surface area (TPSA) is 104 Å². The number of carbonyl (C=O) groups excluding carboxylic acids is 2. The Bertz CT molecular complexity index is 1210. The van der Waals surface area contributed by atoms with Crippen LogP contribution in [0.25, 0.3) is 10.4 Å². The lowest BCUT2D eigenvalue weighted by Crippen LogP contribution is -2.51. The van der Waals surface area contributed by atoms with Gasteiger partial charge in [0.2, 0.25) is 10.0 Å². The van der Waals surface area contributed by atoms with Crippen molar-refractivity contribution in [3.63, 3.8) is 0 Å². The van der Waals surface area contributed by atoms with E-state index in [-0.39, 0.29) is 10.7 Å². The number of thiophene rings is 1. The lowest BCUT2D eigenvalue weighted by atomic mass is 10.2. The number of amides is 2. The van der Waals surface area contributed by atoms with Gasteiger partial charge in [-0.15, -0.1) is 11.3 Å². The molecule has 3 aromatic rings. The van der Waals surface area contributed by atoms with Crippen LogP contribution in [0.4, 0.5) is 8.78 Å². The van der Waals surface area contributed by atoms with Crippen molar-refractivity contribution in [3.8, 4) is 10.4 Å². The van der Waals surface area contributed by atoms with E-state index in [1.165, 1.54) is 37.3 Å². The van der Waals surface area contributed by atoms with E-state index in [4.69, 9.17) is 0 Å². The third kappa shape index (κ3) is 5.51. The molecule has 0 aliphatic carbocycles. The minimum absolute atomic E-state index is 0.277. The average molecular weight is 466 g/mol. The van der Waals surface area contributed by atoms with E-state index >= 15 is 0 Å². The van der Waals surface area contributed by atoms with Gasteiger partial charge in [0.15, 0.2) is 0 Å². The van der Waals surface area contributed by atoms with Crippen molar-refractivity contribution >= 4 is 33.2 Å². The number of benzene rings is 2. The monoisotopic (exact) mass is 465 g/mol. The summed E-state index contributed by atoms with van der Waals surface area (Å²) in [7, 11) is -4.28. The summed E-state index contributed by atoms with van der Waals surface area (Å²) in [5.74, 6) is -2.79. The van der Waals surface area contributed by atoms with E-state index in [1.807, 2.05) is 4.72 Å². The van der Waals surface area contributed by atoms with Gasteiger partial charge in [-0.05, 0) is 48.9 Å². The summed E-state index contributed by atoms with van der Waals surface area (Å²) in [6.07, 6.45) is 0. The molecular weight excluding hydrogens is 448 g/mol. The molecule has 31 heavy (non-hydrogen) atoms. The van der Waals surface area contributed by atoms with Crippen LogP contribution in [-0.2, 0) is 14.8 Å². The second-order valence-corrected chi connectivity index (χ2v) is 9.15. The van der Waals surface area contributed by atoms with E-state index in [2.05, 4.69) is 10.9 Å². The molecule has 1 atom stereocenters. The third-order valence-electron chi connectivity index (χ3n) is 4.11. The van der Waals surface area contributed by atoms with Gasteiger partial charge in [0.05, 0.1) is 10.9 Å². The van der Waals surface area contributed by atoms with Gasteiger partial charge in [-0.25, -0.2) is 17.2 Å². The van der Waals surface area contributed by atoms with Gasteiger partial charge in [0, 0.05) is 4.88 Å². The van der Waals surface area contributed by atoms with Crippen molar-refractivity contribution in [3.05, 3.63) is 77.2 Å². The number of rotatable bonds is 6. The maximum absolute atomic E-state index is 13.7. The molecule has 3 rings (SSSR count). The SMILES string of the molecule is C[C@H](NS(=O)(=O)c1ccccc1F)C(=O)NNC(=O)c1ccc(-c2ccc(F)cc2)s1. The van der Waals surface area contributed by atoms with Crippen molar-refractivity contribution in [2.75, 3.05) is 0 Å². The molecule has 1 heterocycles. The zero-order valence-corrected chi connectivity index (χ0v) is 17.7. The van der Waals surface area contributed by atoms with Crippen LogP contribution in [0.2, 0.25) is 0 Å². The lowest BCUT2D eigenvalue weighted by molar-refractivity contribution is -0.123. The number of hydrazine groups is 1. The molecule has 0 aliphatic heterocycles. The molecule has 0 bridgehead atoms. The van der Waals surface area contributed by atoms with Crippen molar-refractivity contribution in [2.24, 2.45) is 0 Å². The van der Waals surface area contributed by atoms with Crippen LogP contribution in [0.15, 0.2) is 65.6 Å². The Morgan fingerprint density at radius 1 is 0.935 bits per heavy atom. The third-order valence-corrected chi connectivity index (χ3v) is 6.82. The van der Waals surface area contributed by atoms with Gasteiger partial charge < -0.3 is 0 Å². The second kappa shape index (κ2) is 9.33. The van der Waals surface area contributed by atoms with E-state index < -0.39 is 38.6 Å². The number of nitrogens with one attached hydrogen (secondary N) is 3. The van der Waals surface area contributed by atoms with Crippen molar-refractivity contribution in [1.29, 1.82) is 0 Å². The van der Waals surface area contributed by atoms with Crippen molar-refractivity contribution in [1.82, 2.24) is 15.6 Å². The minimum Gasteiger partial charge on any atom is -0.271 e. The highest BCUT2D eigenvalue weighted by molar-refractivity contribution is 7.89. The minimum atomic E-state index is -4.28. The summed E-state index contributed by atoms with van der Waals surface area (Å²) in [5, 5.41) is 0. The molecule has 0 radical (unpaired) electrons. The number of hydrogen-bond acceptors (Lipinski definition) is 5. The van der Waals surface area contributed by atoms with E-state index in [0.29, 0.717) is 0 Å². The summed E-state index contributed by atoms with van der Waals surface area (Å²) in [5.41, 5.74) is 5.04. The molecule has 0 fully saturated rings. The average Bonchev–Trinajstić information content (AvgIpc) is 3.22. The molecule has 1 aromatic heterocycles. The highest BCUT2D eigenvalue weighted by Gasteiger charge is 2.25. The van der Waals surface area contributed by atoms with Crippen LogP contribution < -0.4 is 15.6 Å². The molecule has 0 saturated heterocycles. The number of carbonyl (C=O) groups is 2. The van der Waals surface area contributed by atoms with Crippen LogP contribution in [0, 0.1) is 11.6 Å².